The average molecular weight is 204 g/mol. The van der Waals surface area contributed by atoms with Gasteiger partial charge >= 0.3 is 11.9 Å². The number of hydrogen-bond donors (Lipinski definition) is 0. The van der Waals surface area contributed by atoms with Gasteiger partial charge in [0.1, 0.15) is 0 Å². The minimum atomic E-state index is -0.333. The lowest BCUT2D eigenvalue weighted by Gasteiger charge is -2.11. The molecule has 0 aromatic rings. The molecule has 2 fully saturated rings. The van der Waals surface area contributed by atoms with Gasteiger partial charge in [-0.3, -0.25) is 9.59 Å². The average Bonchev–Trinajstić information content (AvgIpc) is 2.77. The first kappa shape index (κ1) is 8.89. The van der Waals surface area contributed by atoms with Gasteiger partial charge in [0.25, 0.3) is 0 Å². The zero-order valence-electron chi connectivity index (χ0n) is 8.69. The summed E-state index contributed by atoms with van der Waals surface area (Å²) >= 11 is 0. The largest absolute Gasteiger partial charge is 0.393 e. The van der Waals surface area contributed by atoms with Crippen molar-refractivity contribution in [3.63, 3.8) is 0 Å². The maximum Gasteiger partial charge on any atom is 0.318 e. The Balaban J connectivity index is 2.13. The fourth-order valence-corrected chi connectivity index (χ4v) is 3.23. The Hall–Kier alpha value is -1.38. The number of cyclic esters (lactones) is 2. The van der Waals surface area contributed by atoms with Gasteiger partial charge in [0.2, 0.25) is 0 Å². The molecule has 0 aromatic heterocycles. The van der Waals surface area contributed by atoms with Gasteiger partial charge in [0.05, 0.1) is 11.8 Å². The molecule has 0 spiro atoms. The molecule has 2 aliphatic carbocycles. The number of carbonyl (C=O) groups is 2. The lowest BCUT2D eigenvalue weighted by molar-refractivity contribution is -0.154. The molecular weight excluding hydrogens is 192 g/mol. The number of allylic oxidation sites excluding steroid dienone is 4. The smallest absolute Gasteiger partial charge is 0.318 e. The van der Waals surface area contributed by atoms with Crippen LogP contribution >= 0.6 is 0 Å². The number of rotatable bonds is 0. The Morgan fingerprint density at radius 2 is 1.53 bits per heavy atom. The summed E-state index contributed by atoms with van der Waals surface area (Å²) in [5.74, 6) is -0.913. The summed E-state index contributed by atoms with van der Waals surface area (Å²) < 4.78 is 4.70. The van der Waals surface area contributed by atoms with Crippen LogP contribution in [0.25, 0.3) is 0 Å². The van der Waals surface area contributed by atoms with Crippen molar-refractivity contribution >= 4 is 11.9 Å². The molecule has 1 saturated heterocycles. The van der Waals surface area contributed by atoms with Gasteiger partial charge in [-0.1, -0.05) is 23.3 Å². The molecule has 0 amide bonds. The maximum absolute atomic E-state index is 11.5. The maximum atomic E-state index is 11.5. The van der Waals surface area contributed by atoms with Crippen LogP contribution in [0.5, 0.6) is 0 Å². The number of hydrogen-bond acceptors (Lipinski definition) is 3. The standard InChI is InChI=1S/C12H12O3/c1-5(2)8-6-3-4-7(8)10-9(6)11(13)15-12(10)14/h3-4,6-7,9-10H,1-2H3/t6-,7+,9-,10+. The van der Waals surface area contributed by atoms with Crippen LogP contribution in [-0.4, -0.2) is 11.9 Å². The van der Waals surface area contributed by atoms with Crippen LogP contribution in [-0.2, 0) is 14.3 Å². The third-order valence-electron chi connectivity index (χ3n) is 3.73. The molecule has 78 valence electrons. The molecule has 3 rings (SSSR count). The van der Waals surface area contributed by atoms with Crippen molar-refractivity contribution in [1.29, 1.82) is 0 Å². The van der Waals surface area contributed by atoms with Crippen molar-refractivity contribution in [3.8, 4) is 0 Å². The molecule has 1 heterocycles. The van der Waals surface area contributed by atoms with Crippen molar-refractivity contribution in [2.45, 2.75) is 13.8 Å². The predicted octanol–water partition coefficient (Wildman–Crippen LogP) is 1.45. The molecule has 0 aromatic carbocycles. The third-order valence-corrected chi connectivity index (χ3v) is 3.73. The van der Waals surface area contributed by atoms with Crippen molar-refractivity contribution in [3.05, 3.63) is 23.3 Å². The first-order valence-corrected chi connectivity index (χ1v) is 5.22. The van der Waals surface area contributed by atoms with Crippen LogP contribution < -0.4 is 0 Å². The summed E-state index contributed by atoms with van der Waals surface area (Å²) in [6, 6.07) is 0. The highest BCUT2D eigenvalue weighted by Gasteiger charge is 2.60. The molecule has 15 heavy (non-hydrogen) atoms. The second kappa shape index (κ2) is 2.60. The van der Waals surface area contributed by atoms with Gasteiger partial charge in [0, 0.05) is 11.8 Å². The lowest BCUT2D eigenvalue weighted by atomic mass is 9.85. The molecule has 0 radical (unpaired) electrons. The van der Waals surface area contributed by atoms with Crippen molar-refractivity contribution in [1.82, 2.24) is 0 Å². The highest BCUT2D eigenvalue weighted by atomic mass is 16.6. The van der Waals surface area contributed by atoms with Crippen molar-refractivity contribution < 1.29 is 14.3 Å². The lowest BCUT2D eigenvalue weighted by Crippen LogP contribution is -2.21. The third kappa shape index (κ3) is 0.907. The van der Waals surface area contributed by atoms with Gasteiger partial charge in [-0.05, 0) is 13.8 Å². The van der Waals surface area contributed by atoms with E-state index >= 15 is 0 Å². The Kier molecular flexibility index (Phi) is 1.54. The number of carbonyl (C=O) groups excluding carboxylic acids is 2. The van der Waals surface area contributed by atoms with Gasteiger partial charge in [0.15, 0.2) is 0 Å². The topological polar surface area (TPSA) is 43.4 Å². The molecule has 4 atom stereocenters. The molecule has 3 aliphatic rings. The van der Waals surface area contributed by atoms with Crippen LogP contribution in [0, 0.1) is 23.7 Å². The van der Waals surface area contributed by atoms with Crippen molar-refractivity contribution in [2.24, 2.45) is 23.7 Å². The van der Waals surface area contributed by atoms with Crippen LogP contribution in [0.2, 0.25) is 0 Å². The second-order valence-corrected chi connectivity index (χ2v) is 4.68. The number of ether oxygens (including phenoxy) is 1. The van der Waals surface area contributed by atoms with Crippen LogP contribution in [0.1, 0.15) is 13.8 Å². The monoisotopic (exact) mass is 204 g/mol. The summed E-state index contributed by atoms with van der Waals surface area (Å²) in [5.41, 5.74) is 2.49. The second-order valence-electron chi connectivity index (χ2n) is 4.68. The van der Waals surface area contributed by atoms with E-state index in [1.807, 2.05) is 26.0 Å². The quantitative estimate of drug-likeness (QED) is 0.341. The van der Waals surface area contributed by atoms with Gasteiger partial charge in [-0.25, -0.2) is 0 Å². The van der Waals surface area contributed by atoms with E-state index in [-0.39, 0.29) is 35.6 Å². The zero-order valence-corrected chi connectivity index (χ0v) is 8.69. The molecule has 0 N–H and O–H groups in total. The van der Waals surface area contributed by atoms with E-state index < -0.39 is 0 Å². The van der Waals surface area contributed by atoms with Gasteiger partial charge in [-0.2, -0.15) is 0 Å². The van der Waals surface area contributed by atoms with Crippen LogP contribution in [0.15, 0.2) is 23.3 Å². The molecule has 1 aliphatic heterocycles. The highest BCUT2D eigenvalue weighted by Crippen LogP contribution is 2.55. The minimum absolute atomic E-state index is 0.115. The van der Waals surface area contributed by atoms with Crippen LogP contribution in [0.3, 0.4) is 0 Å². The summed E-state index contributed by atoms with van der Waals surface area (Å²) in [6.07, 6.45) is 4.10. The van der Waals surface area contributed by atoms with E-state index in [9.17, 15) is 9.59 Å². The number of fused-ring (bicyclic) bond motifs is 5. The summed E-state index contributed by atoms with van der Waals surface area (Å²) in [6.45, 7) is 4.08. The molecule has 1 saturated carbocycles. The minimum Gasteiger partial charge on any atom is -0.393 e. The first-order valence-electron chi connectivity index (χ1n) is 5.22. The molecular formula is C12H12O3. The highest BCUT2D eigenvalue weighted by molar-refractivity contribution is 5.99. The van der Waals surface area contributed by atoms with Gasteiger partial charge < -0.3 is 4.74 Å². The van der Waals surface area contributed by atoms with Gasteiger partial charge in [-0.15, -0.1) is 0 Å². The Morgan fingerprint density at radius 1 is 1.07 bits per heavy atom. The predicted molar refractivity (Wildman–Crippen MR) is 52.6 cm³/mol. The summed E-state index contributed by atoms with van der Waals surface area (Å²) in [5, 5.41) is 0. The van der Waals surface area contributed by atoms with Crippen molar-refractivity contribution in [2.75, 3.05) is 0 Å². The van der Waals surface area contributed by atoms with Crippen LogP contribution in [0.4, 0.5) is 0 Å². The summed E-state index contributed by atoms with van der Waals surface area (Å²) in [4.78, 5) is 23.0. The molecule has 0 unspecified atom stereocenters. The zero-order chi connectivity index (χ0) is 10.7. The normalized spacial score (nSPS) is 41.1. The van der Waals surface area contributed by atoms with E-state index in [1.54, 1.807) is 0 Å². The fourth-order valence-electron chi connectivity index (χ4n) is 3.23. The Bertz CT molecular complexity index is 394. The number of esters is 2. The molecule has 2 bridgehead atoms. The SMILES string of the molecule is CC(C)=C1[C@H]2C=C[C@@H]1[C@@H]1C(=O)OC(=O)[C@@H]12. The fraction of sp³-hybridized carbons (Fsp3) is 0.500. The Labute approximate surface area is 87.8 Å². The van der Waals surface area contributed by atoms with E-state index in [0.29, 0.717) is 0 Å². The first-order chi connectivity index (χ1) is 7.11. The molecule has 3 heteroatoms. The Morgan fingerprint density at radius 3 is 1.93 bits per heavy atom. The summed E-state index contributed by atoms with van der Waals surface area (Å²) in [7, 11) is 0. The van der Waals surface area contributed by atoms with E-state index in [2.05, 4.69) is 0 Å². The van der Waals surface area contributed by atoms with E-state index in [4.69, 9.17) is 4.74 Å². The molecule has 3 nitrogen and oxygen atoms in total. The van der Waals surface area contributed by atoms with E-state index in [1.165, 1.54) is 11.1 Å². The van der Waals surface area contributed by atoms with E-state index in [0.717, 1.165) is 0 Å².